The maximum atomic E-state index is 14.3. The molecule has 152 valence electrons. The van der Waals surface area contributed by atoms with Gasteiger partial charge in [0, 0.05) is 50.5 Å². The highest BCUT2D eigenvalue weighted by Gasteiger charge is 2.35. The second kappa shape index (κ2) is 8.05. The lowest BCUT2D eigenvalue weighted by Gasteiger charge is -2.36. The van der Waals surface area contributed by atoms with Gasteiger partial charge < -0.3 is 14.2 Å². The second-order valence-corrected chi connectivity index (χ2v) is 7.53. The van der Waals surface area contributed by atoms with E-state index >= 15 is 0 Å². The molecule has 5 nitrogen and oxygen atoms in total. The minimum absolute atomic E-state index is 0.0778. The molecular weight excluding hydrogens is 373 g/mol. The van der Waals surface area contributed by atoms with Crippen molar-refractivity contribution in [2.75, 3.05) is 27.4 Å². The fourth-order valence-electron chi connectivity index (χ4n) is 4.02. The summed E-state index contributed by atoms with van der Waals surface area (Å²) in [6.07, 6.45) is 3.68. The summed E-state index contributed by atoms with van der Waals surface area (Å²) >= 11 is 0. The Balaban J connectivity index is 1.57. The highest BCUT2D eigenvalue weighted by molar-refractivity contribution is 5.83. The van der Waals surface area contributed by atoms with E-state index in [1.165, 1.54) is 12.1 Å². The molecule has 0 radical (unpaired) electrons. The average molecular weight is 398 g/mol. The number of nitrogens with zero attached hydrogens (tertiary/aromatic N) is 1. The molecule has 2 aliphatic heterocycles. The third-order valence-electron chi connectivity index (χ3n) is 5.82. The summed E-state index contributed by atoms with van der Waals surface area (Å²) in [5.74, 6) is 0.199. The maximum absolute atomic E-state index is 14.3. The predicted molar refractivity (Wildman–Crippen MR) is 106 cm³/mol. The van der Waals surface area contributed by atoms with Gasteiger partial charge >= 0.3 is 5.91 Å². The van der Waals surface area contributed by atoms with Gasteiger partial charge in [-0.1, -0.05) is 6.08 Å². The van der Waals surface area contributed by atoms with E-state index < -0.39 is 5.60 Å². The largest absolute Gasteiger partial charge is 0.489 e. The number of hydrogen-bond acceptors (Lipinski definition) is 4. The number of benzene rings is 2. The number of ether oxygens (including phenoxy) is 3. The van der Waals surface area contributed by atoms with E-state index in [2.05, 4.69) is 0 Å². The maximum Gasteiger partial charge on any atom is 0.390 e. The first-order valence-electron chi connectivity index (χ1n) is 9.80. The molecular formula is C23H25FNO4+. The van der Waals surface area contributed by atoms with Crippen molar-refractivity contribution < 1.29 is 23.4 Å². The van der Waals surface area contributed by atoms with Crippen LogP contribution in [0.2, 0.25) is 0 Å². The zero-order valence-electron chi connectivity index (χ0n) is 16.7. The van der Waals surface area contributed by atoms with E-state index in [-0.39, 0.29) is 11.7 Å². The number of amides is 1. The molecule has 2 aromatic rings. The van der Waals surface area contributed by atoms with Gasteiger partial charge in [-0.05, 0) is 35.4 Å². The second-order valence-electron chi connectivity index (χ2n) is 7.53. The van der Waals surface area contributed by atoms with Crippen LogP contribution in [0.1, 0.15) is 30.4 Å². The summed E-state index contributed by atoms with van der Waals surface area (Å²) in [6, 6.07) is 10.6. The Bertz CT molecular complexity index is 1060. The van der Waals surface area contributed by atoms with Gasteiger partial charge in [-0.25, -0.2) is 9.18 Å². The number of hydrogen-bond donors (Lipinski definition) is 0. The van der Waals surface area contributed by atoms with Crippen molar-refractivity contribution in [1.82, 2.24) is 4.58 Å². The van der Waals surface area contributed by atoms with Crippen molar-refractivity contribution in [1.29, 1.82) is 0 Å². The van der Waals surface area contributed by atoms with E-state index in [1.807, 2.05) is 30.3 Å². The SMILES string of the molecule is COC1(c2cc(F)cc(OCc3ccc4c(c3)=CCC(=O)[N+]=4C)c2)CCOCC1. The van der Waals surface area contributed by atoms with Crippen molar-refractivity contribution in [2.24, 2.45) is 0 Å². The van der Waals surface area contributed by atoms with Crippen molar-refractivity contribution in [2.45, 2.75) is 31.5 Å². The van der Waals surface area contributed by atoms with Crippen LogP contribution in [-0.2, 0) is 26.5 Å². The molecule has 0 N–H and O–H groups in total. The Kier molecular flexibility index (Phi) is 5.48. The summed E-state index contributed by atoms with van der Waals surface area (Å²) in [6.45, 7) is 1.48. The summed E-state index contributed by atoms with van der Waals surface area (Å²) < 4.78 is 33.1. The summed E-state index contributed by atoms with van der Waals surface area (Å²) in [5.41, 5.74) is 1.19. The Labute approximate surface area is 169 Å². The molecule has 0 saturated carbocycles. The van der Waals surface area contributed by atoms with E-state index in [0.29, 0.717) is 44.8 Å². The summed E-state index contributed by atoms with van der Waals surface area (Å²) in [7, 11) is 3.43. The molecule has 0 aliphatic carbocycles. The minimum atomic E-state index is -0.545. The molecule has 0 atom stereocenters. The van der Waals surface area contributed by atoms with Crippen molar-refractivity contribution in [3.8, 4) is 5.75 Å². The topological polar surface area (TPSA) is 47.8 Å². The number of carbonyl (C=O) groups is 1. The number of halogens is 1. The first-order chi connectivity index (χ1) is 14.0. The summed E-state index contributed by atoms with van der Waals surface area (Å²) in [5, 5.41) is 1.90. The molecule has 0 spiro atoms. The lowest BCUT2D eigenvalue weighted by molar-refractivity contribution is -0.121. The normalized spacial score (nSPS) is 18.2. The smallest absolute Gasteiger partial charge is 0.390 e. The van der Waals surface area contributed by atoms with E-state index in [1.54, 1.807) is 18.7 Å². The lowest BCUT2D eigenvalue weighted by Crippen LogP contribution is -2.44. The quantitative estimate of drug-likeness (QED) is 0.722. The lowest BCUT2D eigenvalue weighted by atomic mass is 9.86. The molecule has 1 saturated heterocycles. The molecule has 0 aromatic heterocycles. The number of fused-ring (bicyclic) bond motifs is 1. The zero-order chi connectivity index (χ0) is 20.4. The third kappa shape index (κ3) is 3.95. The van der Waals surface area contributed by atoms with Crippen LogP contribution in [-0.4, -0.2) is 33.3 Å². The highest BCUT2D eigenvalue weighted by atomic mass is 19.1. The van der Waals surface area contributed by atoms with Crippen molar-refractivity contribution in [3.05, 3.63) is 63.9 Å². The molecule has 1 amide bonds. The minimum Gasteiger partial charge on any atom is -0.489 e. The van der Waals surface area contributed by atoms with E-state index in [4.69, 9.17) is 14.2 Å². The first-order valence-corrected chi connectivity index (χ1v) is 9.80. The Morgan fingerprint density at radius 2 is 1.97 bits per heavy atom. The van der Waals surface area contributed by atoms with Gasteiger partial charge in [0.1, 0.15) is 25.2 Å². The van der Waals surface area contributed by atoms with Gasteiger partial charge in [0.2, 0.25) is 5.36 Å². The van der Waals surface area contributed by atoms with E-state index in [0.717, 1.165) is 21.7 Å². The monoisotopic (exact) mass is 398 g/mol. The molecule has 29 heavy (non-hydrogen) atoms. The Morgan fingerprint density at radius 3 is 2.72 bits per heavy atom. The van der Waals surface area contributed by atoms with Crippen LogP contribution in [0.5, 0.6) is 5.75 Å². The van der Waals surface area contributed by atoms with Gasteiger partial charge in [0.05, 0.1) is 12.0 Å². The Morgan fingerprint density at radius 1 is 1.17 bits per heavy atom. The first kappa shape index (κ1) is 19.7. The van der Waals surface area contributed by atoms with Gasteiger partial charge in [-0.3, -0.25) is 0 Å². The number of carbonyl (C=O) groups excluding carboxylic acids is 1. The molecule has 0 unspecified atom stereocenters. The van der Waals surface area contributed by atoms with Crippen LogP contribution in [0.15, 0.2) is 36.4 Å². The fraction of sp³-hybridized carbons (Fsp3) is 0.391. The molecule has 6 heteroatoms. The Hall–Kier alpha value is -2.57. The molecule has 4 rings (SSSR count). The molecule has 0 bridgehead atoms. The predicted octanol–water partition coefficient (Wildman–Crippen LogP) is 1.89. The molecule has 1 fully saturated rings. The molecule has 2 heterocycles. The van der Waals surface area contributed by atoms with Crippen LogP contribution in [0.4, 0.5) is 4.39 Å². The van der Waals surface area contributed by atoms with Crippen LogP contribution in [0.25, 0.3) is 6.08 Å². The van der Waals surface area contributed by atoms with Crippen LogP contribution in [0.3, 0.4) is 0 Å². The van der Waals surface area contributed by atoms with Crippen LogP contribution < -0.4 is 19.9 Å². The third-order valence-corrected chi connectivity index (χ3v) is 5.82. The van der Waals surface area contributed by atoms with E-state index in [9.17, 15) is 9.18 Å². The molecule has 2 aliphatic rings. The highest BCUT2D eigenvalue weighted by Crippen LogP contribution is 2.37. The zero-order valence-corrected chi connectivity index (χ0v) is 16.7. The van der Waals surface area contributed by atoms with Gasteiger partial charge in [0.15, 0.2) is 0 Å². The fourth-order valence-corrected chi connectivity index (χ4v) is 4.02. The van der Waals surface area contributed by atoms with Crippen LogP contribution in [0, 0.1) is 5.82 Å². The standard InChI is InChI=1S/C23H25FNO4/c1-25-21-5-3-16(11-17(21)4-6-22(25)26)15-29-20-13-18(12-19(24)14-20)23(27-2)7-9-28-10-8-23/h3-5,11-14H,6-10,15H2,1-2H3/q+1. The van der Waals surface area contributed by atoms with Gasteiger partial charge in [-0.2, -0.15) is 4.58 Å². The van der Waals surface area contributed by atoms with Crippen LogP contribution >= 0.6 is 0 Å². The number of methoxy groups -OCH3 is 1. The van der Waals surface area contributed by atoms with Crippen molar-refractivity contribution in [3.63, 3.8) is 0 Å². The average Bonchev–Trinajstić information content (AvgIpc) is 2.75. The van der Waals surface area contributed by atoms with Gasteiger partial charge in [0.25, 0.3) is 0 Å². The molecule has 2 aromatic carbocycles. The summed E-state index contributed by atoms with van der Waals surface area (Å²) in [4.78, 5) is 11.8. The van der Waals surface area contributed by atoms with Gasteiger partial charge in [-0.15, -0.1) is 0 Å². The van der Waals surface area contributed by atoms with Crippen molar-refractivity contribution >= 4 is 12.0 Å². The number of rotatable bonds is 5.